The van der Waals surface area contributed by atoms with E-state index in [2.05, 4.69) is 30.3 Å². The zero-order valence-electron chi connectivity index (χ0n) is 17.6. The quantitative estimate of drug-likeness (QED) is 0.371. The lowest BCUT2D eigenvalue weighted by atomic mass is 10.1. The second-order valence-electron chi connectivity index (χ2n) is 6.71. The fourth-order valence-electron chi connectivity index (χ4n) is 3.05. The zero-order chi connectivity index (χ0) is 22.3. The molecule has 0 saturated carbocycles. The molecule has 0 fully saturated rings. The van der Waals surface area contributed by atoms with E-state index in [1.54, 1.807) is 26.4 Å². The topological polar surface area (TPSA) is 101 Å². The predicted molar refractivity (Wildman–Crippen MR) is 127 cm³/mol. The van der Waals surface area contributed by atoms with Crippen LogP contribution in [0, 0.1) is 0 Å². The van der Waals surface area contributed by atoms with E-state index in [-0.39, 0.29) is 0 Å². The van der Waals surface area contributed by atoms with Crippen LogP contribution in [-0.4, -0.2) is 33.3 Å². The molecule has 4 rings (SSSR count). The maximum atomic E-state index is 12.0. The van der Waals surface area contributed by atoms with Crippen LogP contribution in [0.25, 0.3) is 11.1 Å². The Morgan fingerprint density at radius 3 is 2.19 bits per heavy atom. The predicted octanol–water partition coefficient (Wildman–Crippen LogP) is 4.28. The Bertz CT molecular complexity index is 1230. The number of anilines is 4. The van der Waals surface area contributed by atoms with Crippen LogP contribution >= 0.6 is 0 Å². The Morgan fingerprint density at radius 1 is 0.812 bits per heavy atom. The van der Waals surface area contributed by atoms with Crippen LogP contribution < -0.4 is 20.1 Å². The summed E-state index contributed by atoms with van der Waals surface area (Å²) in [5.41, 5.74) is 3.67. The highest BCUT2D eigenvalue weighted by atomic mass is 32.2. The number of rotatable bonds is 8. The second kappa shape index (κ2) is 9.99. The van der Waals surface area contributed by atoms with Crippen molar-refractivity contribution >= 4 is 34.0 Å². The van der Waals surface area contributed by atoms with Crippen molar-refractivity contribution < 1.29 is 8.95 Å². The standard InChI is InChI=1S/C23H22N6O2S/c1-24-32(30)20-8-4-7-19(12-20)29-22-13-21(26-15-27-22)28-18-6-3-5-16(11-18)17-9-10-23(31-2)25-14-17/h3-15,24H,1-2H3,(H2,26,27,28,29). The maximum Gasteiger partial charge on any atom is 0.212 e. The molecule has 1 unspecified atom stereocenters. The van der Waals surface area contributed by atoms with Gasteiger partial charge in [-0.2, -0.15) is 0 Å². The third-order valence-corrected chi connectivity index (χ3v) is 5.64. The van der Waals surface area contributed by atoms with Gasteiger partial charge in [0.25, 0.3) is 0 Å². The van der Waals surface area contributed by atoms with E-state index in [9.17, 15) is 4.21 Å². The molecule has 1 atom stereocenters. The summed E-state index contributed by atoms with van der Waals surface area (Å²) in [4.78, 5) is 13.5. The first-order valence-electron chi connectivity index (χ1n) is 9.80. The van der Waals surface area contributed by atoms with Gasteiger partial charge in [-0.15, -0.1) is 0 Å². The lowest BCUT2D eigenvalue weighted by molar-refractivity contribution is 0.398. The van der Waals surface area contributed by atoms with E-state index < -0.39 is 11.0 Å². The third kappa shape index (κ3) is 5.26. The number of nitrogens with one attached hydrogen (secondary N) is 3. The van der Waals surface area contributed by atoms with Crippen molar-refractivity contribution in [2.75, 3.05) is 24.8 Å². The van der Waals surface area contributed by atoms with E-state index in [4.69, 9.17) is 4.74 Å². The van der Waals surface area contributed by atoms with Gasteiger partial charge in [0, 0.05) is 35.3 Å². The second-order valence-corrected chi connectivity index (χ2v) is 8.13. The van der Waals surface area contributed by atoms with Gasteiger partial charge in [0.1, 0.15) is 28.9 Å². The fourth-order valence-corrected chi connectivity index (χ4v) is 3.72. The SMILES string of the molecule is CNS(=O)c1cccc(Nc2cc(Nc3cccc(-c4ccc(OC)nc4)c3)ncn2)c1. The van der Waals surface area contributed by atoms with Gasteiger partial charge in [-0.3, -0.25) is 0 Å². The lowest BCUT2D eigenvalue weighted by Crippen LogP contribution is -2.10. The first kappa shape index (κ1) is 21.4. The van der Waals surface area contributed by atoms with Crippen LogP contribution in [0.15, 0.2) is 84.1 Å². The molecule has 32 heavy (non-hydrogen) atoms. The summed E-state index contributed by atoms with van der Waals surface area (Å²) in [7, 11) is 1.99. The number of ether oxygens (including phenoxy) is 1. The zero-order valence-corrected chi connectivity index (χ0v) is 18.4. The molecule has 0 saturated heterocycles. The molecule has 8 nitrogen and oxygen atoms in total. The smallest absolute Gasteiger partial charge is 0.212 e. The van der Waals surface area contributed by atoms with E-state index in [0.29, 0.717) is 22.4 Å². The molecule has 4 aromatic rings. The Labute approximate surface area is 188 Å². The van der Waals surface area contributed by atoms with E-state index in [1.807, 2.05) is 60.7 Å². The molecule has 2 aromatic heterocycles. The molecule has 0 aliphatic rings. The Balaban J connectivity index is 1.50. The van der Waals surface area contributed by atoms with Crippen molar-refractivity contribution in [3.05, 3.63) is 79.3 Å². The highest BCUT2D eigenvalue weighted by molar-refractivity contribution is 7.83. The van der Waals surface area contributed by atoms with Crippen molar-refractivity contribution in [1.29, 1.82) is 0 Å². The summed E-state index contributed by atoms with van der Waals surface area (Å²) in [6.07, 6.45) is 3.26. The van der Waals surface area contributed by atoms with Gasteiger partial charge in [-0.25, -0.2) is 23.9 Å². The average molecular weight is 447 g/mol. The molecule has 0 aliphatic heterocycles. The molecular weight excluding hydrogens is 424 g/mol. The van der Waals surface area contributed by atoms with Crippen LogP contribution in [0.1, 0.15) is 0 Å². The Morgan fingerprint density at radius 2 is 1.53 bits per heavy atom. The lowest BCUT2D eigenvalue weighted by Gasteiger charge is -2.11. The molecule has 2 aromatic carbocycles. The largest absolute Gasteiger partial charge is 0.481 e. The maximum absolute atomic E-state index is 12.0. The summed E-state index contributed by atoms with van der Waals surface area (Å²) in [6.45, 7) is 0. The number of hydrogen-bond donors (Lipinski definition) is 3. The van der Waals surface area contributed by atoms with Crippen LogP contribution in [0.4, 0.5) is 23.0 Å². The molecule has 2 heterocycles. The van der Waals surface area contributed by atoms with E-state index in [0.717, 1.165) is 22.5 Å². The molecular formula is C23H22N6O2S. The van der Waals surface area contributed by atoms with E-state index >= 15 is 0 Å². The minimum absolute atomic E-state index is 0.576. The number of hydrogen-bond acceptors (Lipinski definition) is 7. The normalized spacial score (nSPS) is 11.6. The summed E-state index contributed by atoms with van der Waals surface area (Å²) >= 11 is 0. The van der Waals surface area contributed by atoms with Crippen molar-refractivity contribution in [3.63, 3.8) is 0 Å². The highest BCUT2D eigenvalue weighted by Gasteiger charge is 2.06. The number of pyridine rings is 1. The minimum Gasteiger partial charge on any atom is -0.481 e. The third-order valence-electron chi connectivity index (χ3n) is 4.59. The van der Waals surface area contributed by atoms with Gasteiger partial charge in [0.2, 0.25) is 5.88 Å². The first-order valence-corrected chi connectivity index (χ1v) is 11.0. The van der Waals surface area contributed by atoms with Gasteiger partial charge in [0.15, 0.2) is 0 Å². The molecule has 0 radical (unpaired) electrons. The van der Waals surface area contributed by atoms with Crippen LogP contribution in [0.5, 0.6) is 5.88 Å². The minimum atomic E-state index is -1.26. The van der Waals surface area contributed by atoms with Gasteiger partial charge in [-0.1, -0.05) is 18.2 Å². The van der Waals surface area contributed by atoms with Crippen LogP contribution in [-0.2, 0) is 11.0 Å². The summed E-state index contributed by atoms with van der Waals surface area (Å²) in [5, 5.41) is 6.53. The monoisotopic (exact) mass is 446 g/mol. The van der Waals surface area contributed by atoms with Crippen LogP contribution in [0.2, 0.25) is 0 Å². The first-order chi connectivity index (χ1) is 15.6. The number of aromatic nitrogens is 3. The molecule has 0 spiro atoms. The number of nitrogens with zero attached hydrogens (tertiary/aromatic N) is 3. The van der Waals surface area contributed by atoms with Crippen molar-refractivity contribution in [2.24, 2.45) is 0 Å². The van der Waals surface area contributed by atoms with Crippen molar-refractivity contribution in [1.82, 2.24) is 19.7 Å². The van der Waals surface area contributed by atoms with Gasteiger partial charge >= 0.3 is 0 Å². The van der Waals surface area contributed by atoms with Crippen molar-refractivity contribution in [2.45, 2.75) is 4.90 Å². The summed E-state index contributed by atoms with van der Waals surface area (Å²) < 4.78 is 19.8. The fraction of sp³-hybridized carbons (Fsp3) is 0.0870. The molecule has 0 aliphatic carbocycles. The van der Waals surface area contributed by atoms with E-state index in [1.165, 1.54) is 6.33 Å². The molecule has 0 bridgehead atoms. The number of benzene rings is 2. The Hall–Kier alpha value is -3.82. The van der Waals surface area contributed by atoms with Gasteiger partial charge in [-0.05, 0) is 49.0 Å². The molecule has 3 N–H and O–H groups in total. The average Bonchev–Trinajstić information content (AvgIpc) is 2.84. The van der Waals surface area contributed by atoms with Gasteiger partial charge < -0.3 is 15.4 Å². The van der Waals surface area contributed by atoms with Crippen molar-refractivity contribution in [3.8, 4) is 17.0 Å². The number of methoxy groups -OCH3 is 1. The summed E-state index contributed by atoms with van der Waals surface area (Å²) in [6, 6.07) is 20.9. The highest BCUT2D eigenvalue weighted by Crippen LogP contribution is 2.26. The van der Waals surface area contributed by atoms with Gasteiger partial charge in [0.05, 0.1) is 12.0 Å². The Kier molecular flexibility index (Phi) is 6.69. The molecule has 0 amide bonds. The summed E-state index contributed by atoms with van der Waals surface area (Å²) in [5.74, 6) is 1.83. The molecule has 162 valence electrons. The van der Waals surface area contributed by atoms with Crippen LogP contribution in [0.3, 0.4) is 0 Å². The molecule has 9 heteroatoms.